The first-order chi connectivity index (χ1) is 12.0. The van der Waals surface area contributed by atoms with Crippen molar-refractivity contribution in [2.24, 2.45) is 11.8 Å². The number of rotatable bonds is 7. The molecule has 5 nitrogen and oxygen atoms in total. The van der Waals surface area contributed by atoms with Gasteiger partial charge in [0.1, 0.15) is 0 Å². The fourth-order valence-corrected chi connectivity index (χ4v) is 3.12. The van der Waals surface area contributed by atoms with Crippen molar-refractivity contribution in [2.75, 3.05) is 19.6 Å². The third kappa shape index (κ3) is 6.16. The van der Waals surface area contributed by atoms with Crippen molar-refractivity contribution in [3.63, 3.8) is 0 Å². The van der Waals surface area contributed by atoms with Crippen molar-refractivity contribution < 1.29 is 14.7 Å². The molecule has 5 heteroatoms. The fourth-order valence-electron chi connectivity index (χ4n) is 3.12. The highest BCUT2D eigenvalue weighted by atomic mass is 16.3. The number of hydrogen-bond acceptors (Lipinski definition) is 3. The van der Waals surface area contributed by atoms with Crippen LogP contribution in [0.5, 0.6) is 0 Å². The molecule has 1 fully saturated rings. The van der Waals surface area contributed by atoms with Gasteiger partial charge in [0.2, 0.25) is 11.8 Å². The topological polar surface area (TPSA) is 69.6 Å². The predicted octanol–water partition coefficient (Wildman–Crippen LogP) is 1.99. The molecule has 0 bridgehead atoms. The van der Waals surface area contributed by atoms with Crippen LogP contribution in [0.4, 0.5) is 0 Å². The highest BCUT2D eigenvalue weighted by Crippen LogP contribution is 2.18. The number of aliphatic hydroxyl groups is 1. The van der Waals surface area contributed by atoms with Gasteiger partial charge in [0.05, 0.1) is 18.4 Å². The minimum Gasteiger partial charge on any atom is -0.393 e. The van der Waals surface area contributed by atoms with E-state index >= 15 is 0 Å². The summed E-state index contributed by atoms with van der Waals surface area (Å²) in [5.41, 5.74) is 1.00. The van der Waals surface area contributed by atoms with Crippen LogP contribution < -0.4 is 5.32 Å². The van der Waals surface area contributed by atoms with Crippen LogP contribution >= 0.6 is 0 Å². The molecule has 1 aliphatic heterocycles. The lowest BCUT2D eigenvalue weighted by Gasteiger charge is -2.32. The molecule has 2 atom stereocenters. The molecule has 0 saturated carbocycles. The first kappa shape index (κ1) is 19.4. The summed E-state index contributed by atoms with van der Waals surface area (Å²) in [6, 6.07) is 9.70. The van der Waals surface area contributed by atoms with Crippen LogP contribution in [0.1, 0.15) is 38.7 Å². The quantitative estimate of drug-likeness (QED) is 0.793. The Morgan fingerprint density at radius 3 is 2.68 bits per heavy atom. The van der Waals surface area contributed by atoms with E-state index in [0.29, 0.717) is 25.9 Å². The number of piperidine rings is 1. The van der Waals surface area contributed by atoms with E-state index in [1.54, 1.807) is 0 Å². The number of benzene rings is 1. The average Bonchev–Trinajstić information content (AvgIpc) is 2.62. The van der Waals surface area contributed by atoms with Gasteiger partial charge in [-0.2, -0.15) is 0 Å². The number of amides is 2. The standard InChI is InChI=1S/C20H30N2O3/c1-15(2)18(23)10-11-21-20(25)17-9-6-12-22(14-17)19(24)13-16-7-4-3-5-8-16/h3-5,7-8,15,17-18,23H,6,9-14H2,1-2H3,(H,21,25). The van der Waals surface area contributed by atoms with Gasteiger partial charge in [-0.1, -0.05) is 44.2 Å². The fraction of sp³-hybridized carbons (Fsp3) is 0.600. The number of hydrogen-bond donors (Lipinski definition) is 2. The van der Waals surface area contributed by atoms with E-state index in [4.69, 9.17) is 0 Å². The molecule has 1 aliphatic rings. The van der Waals surface area contributed by atoms with Crippen LogP contribution in [0.3, 0.4) is 0 Å². The molecule has 2 N–H and O–H groups in total. The Bertz CT molecular complexity index is 559. The normalized spacial score (nSPS) is 18.9. The zero-order valence-electron chi connectivity index (χ0n) is 15.3. The van der Waals surface area contributed by atoms with Gasteiger partial charge in [-0.05, 0) is 30.7 Å². The van der Waals surface area contributed by atoms with Crippen molar-refractivity contribution in [3.05, 3.63) is 35.9 Å². The van der Waals surface area contributed by atoms with Gasteiger partial charge >= 0.3 is 0 Å². The van der Waals surface area contributed by atoms with Crippen LogP contribution in [0.2, 0.25) is 0 Å². The van der Waals surface area contributed by atoms with Crippen LogP contribution in [-0.2, 0) is 16.0 Å². The summed E-state index contributed by atoms with van der Waals surface area (Å²) in [4.78, 5) is 26.6. The van der Waals surface area contributed by atoms with Crippen molar-refractivity contribution >= 4 is 11.8 Å². The molecule has 1 aromatic rings. The number of carbonyl (C=O) groups is 2. The molecule has 1 heterocycles. The number of carbonyl (C=O) groups excluding carboxylic acids is 2. The van der Waals surface area contributed by atoms with E-state index in [0.717, 1.165) is 24.9 Å². The second-order valence-electron chi connectivity index (χ2n) is 7.23. The van der Waals surface area contributed by atoms with Crippen molar-refractivity contribution in [3.8, 4) is 0 Å². The number of likely N-dealkylation sites (tertiary alicyclic amines) is 1. The Morgan fingerprint density at radius 2 is 2.00 bits per heavy atom. The minimum atomic E-state index is -0.393. The van der Waals surface area contributed by atoms with Crippen LogP contribution in [0.15, 0.2) is 30.3 Å². The SMILES string of the molecule is CC(C)C(O)CCNC(=O)C1CCCN(C(=O)Cc2ccccc2)C1. The zero-order chi connectivity index (χ0) is 18.2. The van der Waals surface area contributed by atoms with Gasteiger partial charge < -0.3 is 15.3 Å². The van der Waals surface area contributed by atoms with Gasteiger partial charge in [0.25, 0.3) is 0 Å². The maximum absolute atomic E-state index is 12.5. The smallest absolute Gasteiger partial charge is 0.227 e. The molecular formula is C20H30N2O3. The third-order valence-electron chi connectivity index (χ3n) is 4.85. The van der Waals surface area contributed by atoms with E-state index in [1.165, 1.54) is 0 Å². The zero-order valence-corrected chi connectivity index (χ0v) is 15.3. The molecule has 2 amide bonds. The van der Waals surface area contributed by atoms with E-state index in [2.05, 4.69) is 5.32 Å². The lowest BCUT2D eigenvalue weighted by Crippen LogP contribution is -2.46. The molecular weight excluding hydrogens is 316 g/mol. The second-order valence-corrected chi connectivity index (χ2v) is 7.23. The van der Waals surface area contributed by atoms with Crippen LogP contribution in [0, 0.1) is 11.8 Å². The molecule has 2 rings (SSSR count). The van der Waals surface area contributed by atoms with Crippen molar-refractivity contribution in [1.82, 2.24) is 10.2 Å². The molecule has 25 heavy (non-hydrogen) atoms. The largest absolute Gasteiger partial charge is 0.393 e. The Hall–Kier alpha value is -1.88. The molecule has 1 aromatic carbocycles. The van der Waals surface area contributed by atoms with E-state index < -0.39 is 6.10 Å². The van der Waals surface area contributed by atoms with E-state index in [-0.39, 0.29) is 23.7 Å². The summed E-state index contributed by atoms with van der Waals surface area (Å²) in [7, 11) is 0. The Kier molecular flexibility index (Phi) is 7.44. The molecule has 2 unspecified atom stereocenters. The average molecular weight is 346 g/mol. The second kappa shape index (κ2) is 9.56. The van der Waals surface area contributed by atoms with Gasteiger partial charge in [0, 0.05) is 19.6 Å². The highest BCUT2D eigenvalue weighted by molar-refractivity contribution is 5.82. The monoisotopic (exact) mass is 346 g/mol. The summed E-state index contributed by atoms with van der Waals surface area (Å²) in [6.07, 6.45) is 2.22. The summed E-state index contributed by atoms with van der Waals surface area (Å²) >= 11 is 0. The molecule has 0 spiro atoms. The van der Waals surface area contributed by atoms with Crippen LogP contribution in [-0.4, -0.2) is 47.6 Å². The minimum absolute atomic E-state index is 0.00633. The van der Waals surface area contributed by atoms with Crippen molar-refractivity contribution in [2.45, 2.75) is 45.6 Å². The molecule has 0 radical (unpaired) electrons. The highest BCUT2D eigenvalue weighted by Gasteiger charge is 2.28. The Labute approximate surface area is 150 Å². The summed E-state index contributed by atoms with van der Waals surface area (Å²) < 4.78 is 0. The lowest BCUT2D eigenvalue weighted by molar-refractivity contribution is -0.135. The van der Waals surface area contributed by atoms with E-state index in [9.17, 15) is 14.7 Å². The Morgan fingerprint density at radius 1 is 1.28 bits per heavy atom. The van der Waals surface area contributed by atoms with Gasteiger partial charge in [0.15, 0.2) is 0 Å². The first-order valence-corrected chi connectivity index (χ1v) is 9.25. The summed E-state index contributed by atoms with van der Waals surface area (Å²) in [5.74, 6) is 0.120. The van der Waals surface area contributed by atoms with Gasteiger partial charge in [-0.25, -0.2) is 0 Å². The summed E-state index contributed by atoms with van der Waals surface area (Å²) in [5, 5.41) is 12.7. The maximum atomic E-state index is 12.5. The first-order valence-electron chi connectivity index (χ1n) is 9.25. The number of aliphatic hydroxyl groups excluding tert-OH is 1. The lowest BCUT2D eigenvalue weighted by atomic mass is 9.96. The number of nitrogens with one attached hydrogen (secondary N) is 1. The number of nitrogens with zero attached hydrogens (tertiary/aromatic N) is 1. The molecule has 138 valence electrons. The molecule has 0 aromatic heterocycles. The maximum Gasteiger partial charge on any atom is 0.227 e. The van der Waals surface area contributed by atoms with Gasteiger partial charge in [-0.3, -0.25) is 9.59 Å². The third-order valence-corrected chi connectivity index (χ3v) is 4.85. The van der Waals surface area contributed by atoms with Crippen LogP contribution in [0.25, 0.3) is 0 Å². The molecule has 0 aliphatic carbocycles. The molecule has 1 saturated heterocycles. The predicted molar refractivity (Wildman–Crippen MR) is 97.9 cm³/mol. The Balaban J connectivity index is 1.79. The van der Waals surface area contributed by atoms with E-state index in [1.807, 2.05) is 49.1 Å². The summed E-state index contributed by atoms with van der Waals surface area (Å²) in [6.45, 7) is 5.62. The van der Waals surface area contributed by atoms with Crippen molar-refractivity contribution in [1.29, 1.82) is 0 Å². The van der Waals surface area contributed by atoms with Gasteiger partial charge in [-0.15, -0.1) is 0 Å².